The Bertz CT molecular complexity index is 659. The molecule has 25 heavy (non-hydrogen) atoms. The van der Waals surface area contributed by atoms with Crippen molar-refractivity contribution in [2.24, 2.45) is 0 Å². The van der Waals surface area contributed by atoms with Crippen molar-refractivity contribution in [3.8, 4) is 0 Å². The van der Waals surface area contributed by atoms with Crippen LogP contribution in [0.15, 0.2) is 60.7 Å². The zero-order valence-corrected chi connectivity index (χ0v) is 15.3. The lowest BCUT2D eigenvalue weighted by molar-refractivity contribution is -0.141. The summed E-state index contributed by atoms with van der Waals surface area (Å²) < 4.78 is 5.71. The average molecular weight is 336 g/mol. The van der Waals surface area contributed by atoms with Gasteiger partial charge < -0.3 is 4.74 Å². The summed E-state index contributed by atoms with van der Waals surface area (Å²) in [5.41, 5.74) is 2.48. The lowest BCUT2D eigenvalue weighted by Gasteiger charge is -2.15. The Kier molecular flexibility index (Phi) is 7.97. The molecule has 0 aliphatic rings. The van der Waals surface area contributed by atoms with Crippen LogP contribution in [0.1, 0.15) is 57.1 Å². The van der Waals surface area contributed by atoms with E-state index >= 15 is 0 Å². The van der Waals surface area contributed by atoms with Crippen LogP contribution in [0.4, 0.5) is 0 Å². The van der Waals surface area contributed by atoms with Gasteiger partial charge in [0, 0.05) is 0 Å². The van der Waals surface area contributed by atoms with Crippen molar-refractivity contribution in [2.75, 3.05) is 0 Å². The van der Waals surface area contributed by atoms with E-state index < -0.39 is 0 Å². The first-order valence-electron chi connectivity index (χ1n) is 9.24. The van der Waals surface area contributed by atoms with Crippen LogP contribution in [-0.2, 0) is 9.53 Å². The molecule has 0 bridgehead atoms. The highest BCUT2D eigenvalue weighted by Crippen LogP contribution is 2.21. The summed E-state index contributed by atoms with van der Waals surface area (Å²) in [4.78, 5) is 12.8. The van der Waals surface area contributed by atoms with Gasteiger partial charge in [-0.1, -0.05) is 86.8 Å². The molecule has 2 heteroatoms. The van der Waals surface area contributed by atoms with Crippen LogP contribution in [0.5, 0.6) is 0 Å². The number of unbranched alkanes of at least 4 members (excludes halogenated alkanes) is 3. The maximum Gasteiger partial charge on any atom is 0.339 e. The highest BCUT2D eigenvalue weighted by atomic mass is 16.5. The Labute approximate surface area is 151 Å². The third kappa shape index (κ3) is 6.58. The molecular weight excluding hydrogens is 308 g/mol. The fraction of sp³-hybridized carbons (Fsp3) is 0.348. The molecule has 2 aromatic rings. The van der Waals surface area contributed by atoms with Crippen LogP contribution in [0.25, 0.3) is 11.6 Å². The summed E-state index contributed by atoms with van der Waals surface area (Å²) in [6.07, 6.45) is 7.51. The van der Waals surface area contributed by atoms with Crippen LogP contribution in [0, 0.1) is 0 Å². The van der Waals surface area contributed by atoms with E-state index in [0.29, 0.717) is 5.57 Å². The molecule has 0 N–H and O–H groups in total. The van der Waals surface area contributed by atoms with Crippen LogP contribution < -0.4 is 0 Å². The minimum absolute atomic E-state index is 0.0627. The maximum atomic E-state index is 12.8. The molecule has 132 valence electrons. The monoisotopic (exact) mass is 336 g/mol. The number of esters is 1. The van der Waals surface area contributed by atoms with Gasteiger partial charge in [-0.25, -0.2) is 4.79 Å². The molecule has 0 heterocycles. The van der Waals surface area contributed by atoms with E-state index in [0.717, 1.165) is 24.0 Å². The van der Waals surface area contributed by atoms with Gasteiger partial charge in [0.25, 0.3) is 0 Å². The SMILES string of the molecule is CCCCCCC(C)OC(=O)C(=Cc1ccccc1)c1ccccc1. The molecular formula is C23H28O2. The Balaban J connectivity index is 2.10. The van der Waals surface area contributed by atoms with Crippen molar-refractivity contribution in [1.29, 1.82) is 0 Å². The molecule has 0 aliphatic carbocycles. The van der Waals surface area contributed by atoms with Gasteiger partial charge in [0.15, 0.2) is 0 Å². The third-order valence-corrected chi connectivity index (χ3v) is 4.19. The fourth-order valence-electron chi connectivity index (χ4n) is 2.76. The number of carbonyl (C=O) groups is 1. The summed E-state index contributed by atoms with van der Waals surface area (Å²) in [5.74, 6) is -0.252. The van der Waals surface area contributed by atoms with Crippen LogP contribution >= 0.6 is 0 Å². The van der Waals surface area contributed by atoms with Crippen molar-refractivity contribution < 1.29 is 9.53 Å². The second kappa shape index (κ2) is 10.5. The van der Waals surface area contributed by atoms with Crippen LogP contribution in [0.2, 0.25) is 0 Å². The summed E-state index contributed by atoms with van der Waals surface area (Å²) in [6, 6.07) is 19.6. The van der Waals surface area contributed by atoms with E-state index in [1.807, 2.05) is 73.7 Å². The molecule has 2 rings (SSSR count). The molecule has 0 saturated heterocycles. The number of ether oxygens (including phenoxy) is 1. The first-order valence-corrected chi connectivity index (χ1v) is 9.24. The Morgan fingerprint density at radius 3 is 2.24 bits per heavy atom. The Morgan fingerprint density at radius 1 is 0.960 bits per heavy atom. The molecule has 0 amide bonds. The maximum absolute atomic E-state index is 12.8. The van der Waals surface area contributed by atoms with E-state index in [1.54, 1.807) is 0 Å². The third-order valence-electron chi connectivity index (χ3n) is 4.19. The minimum atomic E-state index is -0.252. The first-order chi connectivity index (χ1) is 12.2. The summed E-state index contributed by atoms with van der Waals surface area (Å²) in [7, 11) is 0. The average Bonchev–Trinajstić information content (AvgIpc) is 2.65. The molecule has 0 saturated carbocycles. The molecule has 2 aromatic carbocycles. The number of hydrogen-bond donors (Lipinski definition) is 0. The topological polar surface area (TPSA) is 26.3 Å². The highest BCUT2D eigenvalue weighted by molar-refractivity contribution is 6.21. The van der Waals surface area contributed by atoms with Crippen molar-refractivity contribution in [2.45, 2.75) is 52.1 Å². The zero-order chi connectivity index (χ0) is 17.9. The van der Waals surface area contributed by atoms with E-state index in [2.05, 4.69) is 6.92 Å². The summed E-state index contributed by atoms with van der Waals surface area (Å²) in [5, 5.41) is 0. The van der Waals surface area contributed by atoms with E-state index in [9.17, 15) is 4.79 Å². The molecule has 2 nitrogen and oxygen atoms in total. The molecule has 0 radical (unpaired) electrons. The van der Waals surface area contributed by atoms with Crippen molar-refractivity contribution in [1.82, 2.24) is 0 Å². The van der Waals surface area contributed by atoms with E-state index in [1.165, 1.54) is 19.3 Å². The van der Waals surface area contributed by atoms with Gasteiger partial charge in [-0.15, -0.1) is 0 Å². The van der Waals surface area contributed by atoms with E-state index in [-0.39, 0.29) is 12.1 Å². The Hall–Kier alpha value is -2.35. The van der Waals surface area contributed by atoms with Gasteiger partial charge >= 0.3 is 5.97 Å². The quantitative estimate of drug-likeness (QED) is 0.238. The summed E-state index contributed by atoms with van der Waals surface area (Å²) >= 11 is 0. The first kappa shape index (κ1) is 19.0. The predicted octanol–water partition coefficient (Wildman–Crippen LogP) is 6.13. The largest absolute Gasteiger partial charge is 0.459 e. The molecule has 0 spiro atoms. The Morgan fingerprint density at radius 2 is 1.60 bits per heavy atom. The highest BCUT2D eigenvalue weighted by Gasteiger charge is 2.16. The molecule has 0 aliphatic heterocycles. The lowest BCUT2D eigenvalue weighted by Crippen LogP contribution is -2.16. The smallest absolute Gasteiger partial charge is 0.339 e. The second-order valence-corrected chi connectivity index (χ2v) is 6.40. The molecule has 1 unspecified atom stereocenters. The van der Waals surface area contributed by atoms with Crippen molar-refractivity contribution >= 4 is 17.6 Å². The van der Waals surface area contributed by atoms with Gasteiger partial charge in [0.2, 0.25) is 0 Å². The summed E-state index contributed by atoms with van der Waals surface area (Å²) in [6.45, 7) is 4.18. The fourth-order valence-corrected chi connectivity index (χ4v) is 2.76. The lowest BCUT2D eigenvalue weighted by atomic mass is 10.0. The van der Waals surface area contributed by atoms with Gasteiger partial charge in [-0.2, -0.15) is 0 Å². The van der Waals surface area contributed by atoms with Crippen molar-refractivity contribution in [3.63, 3.8) is 0 Å². The molecule has 0 fully saturated rings. The zero-order valence-electron chi connectivity index (χ0n) is 15.3. The van der Waals surface area contributed by atoms with Crippen molar-refractivity contribution in [3.05, 3.63) is 71.8 Å². The van der Waals surface area contributed by atoms with Gasteiger partial charge in [-0.05, 0) is 37.0 Å². The predicted molar refractivity (Wildman–Crippen MR) is 105 cm³/mol. The number of hydrogen-bond acceptors (Lipinski definition) is 2. The van der Waals surface area contributed by atoms with Gasteiger partial charge in [0.05, 0.1) is 11.7 Å². The minimum Gasteiger partial charge on any atom is -0.459 e. The van der Waals surface area contributed by atoms with Crippen LogP contribution in [0.3, 0.4) is 0 Å². The normalized spacial score (nSPS) is 12.6. The van der Waals surface area contributed by atoms with Gasteiger partial charge in [0.1, 0.15) is 0 Å². The second-order valence-electron chi connectivity index (χ2n) is 6.40. The number of benzene rings is 2. The van der Waals surface area contributed by atoms with E-state index in [4.69, 9.17) is 4.74 Å². The van der Waals surface area contributed by atoms with Crippen LogP contribution in [-0.4, -0.2) is 12.1 Å². The number of rotatable bonds is 9. The molecule has 0 aromatic heterocycles. The standard InChI is InChI=1S/C23H28O2/c1-3-4-5-8-13-19(2)25-23(24)22(21-16-11-7-12-17-21)18-20-14-9-6-10-15-20/h6-7,9-12,14-19H,3-5,8,13H2,1-2H3. The van der Waals surface area contributed by atoms with Gasteiger partial charge in [-0.3, -0.25) is 0 Å². The molecule has 1 atom stereocenters. The number of carbonyl (C=O) groups excluding carboxylic acids is 1.